The number of nitrogens with one attached hydrogen (secondary N) is 3. The maximum absolute atomic E-state index is 12.8. The molecule has 0 bridgehead atoms. The standard InChI is InChI=1S/C26H23N7O3S/c1-37(35,36)21-14-33(15-21)26(34)23-10-17-2-3-18(11-22(17)31-23)25-27-9-8-24(32-25)30-20-6-4-16(5-7-20)19-12-28-29-13-19/h2-13,21,31H,14-15H2,1H3,(H,28,29)(H,27,30,32). The fourth-order valence-corrected chi connectivity index (χ4v) is 5.20. The Morgan fingerprint density at radius 2 is 1.81 bits per heavy atom. The highest BCUT2D eigenvalue weighted by atomic mass is 32.2. The van der Waals surface area contributed by atoms with E-state index in [-0.39, 0.29) is 19.0 Å². The number of carbonyl (C=O) groups excluding carboxylic acids is 1. The van der Waals surface area contributed by atoms with Crippen LogP contribution in [0.3, 0.4) is 0 Å². The van der Waals surface area contributed by atoms with Crippen LogP contribution in [0.2, 0.25) is 0 Å². The number of amides is 1. The van der Waals surface area contributed by atoms with E-state index in [0.717, 1.165) is 33.3 Å². The molecule has 1 saturated heterocycles. The van der Waals surface area contributed by atoms with Crippen LogP contribution >= 0.6 is 0 Å². The summed E-state index contributed by atoms with van der Waals surface area (Å²) in [6.07, 6.45) is 6.52. The van der Waals surface area contributed by atoms with E-state index in [9.17, 15) is 13.2 Å². The van der Waals surface area contributed by atoms with E-state index >= 15 is 0 Å². The van der Waals surface area contributed by atoms with Crippen LogP contribution in [0.25, 0.3) is 33.4 Å². The van der Waals surface area contributed by atoms with Crippen molar-refractivity contribution in [2.45, 2.75) is 5.25 Å². The fourth-order valence-electron chi connectivity index (χ4n) is 4.30. The number of carbonyl (C=O) groups is 1. The van der Waals surface area contributed by atoms with Gasteiger partial charge in [0.05, 0.1) is 11.4 Å². The summed E-state index contributed by atoms with van der Waals surface area (Å²) in [5.74, 6) is 0.990. The molecule has 4 heterocycles. The number of likely N-dealkylation sites (tertiary alicyclic amines) is 1. The number of hydrogen-bond acceptors (Lipinski definition) is 7. The zero-order valence-electron chi connectivity index (χ0n) is 19.8. The molecular formula is C26H23N7O3S. The van der Waals surface area contributed by atoms with E-state index < -0.39 is 15.1 Å². The topological polar surface area (TPSA) is 137 Å². The van der Waals surface area contributed by atoms with Gasteiger partial charge in [-0.3, -0.25) is 9.89 Å². The number of hydrogen-bond donors (Lipinski definition) is 3. The van der Waals surface area contributed by atoms with Gasteiger partial charge in [0.15, 0.2) is 15.7 Å². The largest absolute Gasteiger partial charge is 0.351 e. The molecule has 3 aromatic heterocycles. The second kappa shape index (κ2) is 8.86. The van der Waals surface area contributed by atoms with Gasteiger partial charge in [0.1, 0.15) is 11.5 Å². The van der Waals surface area contributed by atoms with Crippen molar-refractivity contribution in [3.8, 4) is 22.5 Å². The van der Waals surface area contributed by atoms with Crippen LogP contribution in [-0.2, 0) is 9.84 Å². The lowest BCUT2D eigenvalue weighted by molar-refractivity contribution is 0.0654. The van der Waals surface area contributed by atoms with Crippen LogP contribution < -0.4 is 5.32 Å². The molecule has 2 aromatic carbocycles. The zero-order chi connectivity index (χ0) is 25.6. The SMILES string of the molecule is CS(=O)(=O)C1CN(C(=O)c2cc3ccc(-c4nccc(Nc5ccc(-c6cn[nH]c6)cc5)n4)cc3[nH]2)C1. The van der Waals surface area contributed by atoms with Gasteiger partial charge in [0, 0.05) is 59.5 Å². The average molecular weight is 514 g/mol. The summed E-state index contributed by atoms with van der Waals surface area (Å²) in [5, 5.41) is 10.5. The molecule has 11 heteroatoms. The van der Waals surface area contributed by atoms with Crippen molar-refractivity contribution in [1.29, 1.82) is 0 Å². The van der Waals surface area contributed by atoms with Crippen LogP contribution in [0.1, 0.15) is 10.5 Å². The Hall–Kier alpha value is -4.51. The highest BCUT2D eigenvalue weighted by Crippen LogP contribution is 2.26. The Balaban J connectivity index is 1.19. The molecule has 5 aromatic rings. The van der Waals surface area contributed by atoms with Crippen LogP contribution in [-0.4, -0.2) is 69.0 Å². The molecule has 37 heavy (non-hydrogen) atoms. The number of rotatable bonds is 6. The Labute approximate surface area is 212 Å². The van der Waals surface area contributed by atoms with Crippen molar-refractivity contribution >= 4 is 38.2 Å². The molecule has 1 fully saturated rings. The number of sulfone groups is 1. The number of aromatic amines is 2. The van der Waals surface area contributed by atoms with Crippen molar-refractivity contribution in [3.63, 3.8) is 0 Å². The second-order valence-corrected chi connectivity index (χ2v) is 11.4. The maximum atomic E-state index is 12.8. The zero-order valence-corrected chi connectivity index (χ0v) is 20.7. The molecule has 1 aliphatic rings. The van der Waals surface area contributed by atoms with Crippen molar-refractivity contribution < 1.29 is 13.2 Å². The van der Waals surface area contributed by atoms with Gasteiger partial charge < -0.3 is 15.2 Å². The maximum Gasteiger partial charge on any atom is 0.270 e. The summed E-state index contributed by atoms with van der Waals surface area (Å²) in [6, 6.07) is 17.3. The normalized spacial score (nSPS) is 14.0. The number of nitrogens with zero attached hydrogens (tertiary/aromatic N) is 4. The van der Waals surface area contributed by atoms with Gasteiger partial charge >= 0.3 is 0 Å². The first-order chi connectivity index (χ1) is 17.8. The van der Waals surface area contributed by atoms with E-state index in [4.69, 9.17) is 0 Å². The number of benzene rings is 2. The lowest BCUT2D eigenvalue weighted by Gasteiger charge is -2.37. The Kier molecular flexibility index (Phi) is 5.49. The number of anilines is 2. The van der Waals surface area contributed by atoms with Gasteiger partial charge in [0.25, 0.3) is 5.91 Å². The minimum absolute atomic E-state index is 0.209. The van der Waals surface area contributed by atoms with Crippen LogP contribution in [0.5, 0.6) is 0 Å². The summed E-state index contributed by atoms with van der Waals surface area (Å²) in [7, 11) is -3.14. The first-order valence-electron chi connectivity index (χ1n) is 11.6. The molecule has 1 amide bonds. The van der Waals surface area contributed by atoms with Crippen molar-refractivity contribution in [1.82, 2.24) is 30.0 Å². The van der Waals surface area contributed by atoms with Crippen molar-refractivity contribution in [2.24, 2.45) is 0 Å². The number of aromatic nitrogens is 5. The number of fused-ring (bicyclic) bond motifs is 1. The second-order valence-electron chi connectivity index (χ2n) is 9.10. The first-order valence-corrected chi connectivity index (χ1v) is 13.6. The average Bonchev–Trinajstić information content (AvgIpc) is 3.53. The smallest absolute Gasteiger partial charge is 0.270 e. The van der Waals surface area contributed by atoms with E-state index in [0.29, 0.717) is 17.3 Å². The molecule has 10 nitrogen and oxygen atoms in total. The summed E-state index contributed by atoms with van der Waals surface area (Å²) >= 11 is 0. The summed E-state index contributed by atoms with van der Waals surface area (Å²) in [6.45, 7) is 0.440. The summed E-state index contributed by atoms with van der Waals surface area (Å²) in [5.41, 5.74) is 4.97. The predicted molar refractivity (Wildman–Crippen MR) is 141 cm³/mol. The van der Waals surface area contributed by atoms with Gasteiger partial charge in [0.2, 0.25) is 0 Å². The highest BCUT2D eigenvalue weighted by Gasteiger charge is 2.38. The summed E-state index contributed by atoms with van der Waals surface area (Å²) < 4.78 is 23.3. The Morgan fingerprint density at radius 3 is 2.54 bits per heavy atom. The molecule has 1 aliphatic heterocycles. The van der Waals surface area contributed by atoms with E-state index in [1.54, 1.807) is 24.5 Å². The number of H-pyrrole nitrogens is 2. The minimum atomic E-state index is -3.14. The van der Waals surface area contributed by atoms with Crippen LogP contribution in [0.15, 0.2) is 73.2 Å². The third kappa shape index (κ3) is 4.56. The molecule has 6 rings (SSSR count). The van der Waals surface area contributed by atoms with Crippen LogP contribution in [0.4, 0.5) is 11.5 Å². The van der Waals surface area contributed by atoms with E-state index in [2.05, 4.69) is 30.5 Å². The predicted octanol–water partition coefficient (Wildman–Crippen LogP) is 3.63. The molecule has 0 radical (unpaired) electrons. The molecule has 0 unspecified atom stereocenters. The monoisotopic (exact) mass is 513 g/mol. The highest BCUT2D eigenvalue weighted by molar-refractivity contribution is 7.91. The van der Waals surface area contributed by atoms with Gasteiger partial charge in [-0.05, 0) is 35.9 Å². The Bertz CT molecular complexity index is 1710. The third-order valence-electron chi connectivity index (χ3n) is 6.50. The third-order valence-corrected chi connectivity index (χ3v) is 8.01. The van der Waals surface area contributed by atoms with Gasteiger partial charge in [-0.2, -0.15) is 5.10 Å². The molecule has 0 spiro atoms. The Morgan fingerprint density at radius 1 is 1.03 bits per heavy atom. The van der Waals surface area contributed by atoms with Gasteiger partial charge in [-0.1, -0.05) is 24.3 Å². The molecule has 186 valence electrons. The molecule has 0 saturated carbocycles. The molecule has 0 atom stereocenters. The van der Waals surface area contributed by atoms with Crippen molar-refractivity contribution in [2.75, 3.05) is 24.7 Å². The van der Waals surface area contributed by atoms with Gasteiger partial charge in [-0.15, -0.1) is 0 Å². The minimum Gasteiger partial charge on any atom is -0.351 e. The van der Waals surface area contributed by atoms with Crippen LogP contribution in [0, 0.1) is 0 Å². The molecule has 0 aliphatic carbocycles. The fraction of sp³-hybridized carbons (Fsp3) is 0.154. The quantitative estimate of drug-likeness (QED) is 0.315. The lowest BCUT2D eigenvalue weighted by Crippen LogP contribution is -2.56. The van der Waals surface area contributed by atoms with Crippen molar-refractivity contribution in [3.05, 3.63) is 78.9 Å². The lowest BCUT2D eigenvalue weighted by atomic mass is 10.1. The van der Waals surface area contributed by atoms with E-state index in [1.165, 1.54) is 11.2 Å². The summed E-state index contributed by atoms with van der Waals surface area (Å²) in [4.78, 5) is 26.6. The molecule has 3 N–H and O–H groups in total. The van der Waals surface area contributed by atoms with Gasteiger partial charge in [-0.25, -0.2) is 18.4 Å². The molecular weight excluding hydrogens is 490 g/mol. The first kappa shape index (κ1) is 22.9. The van der Waals surface area contributed by atoms with E-state index in [1.807, 2.05) is 48.7 Å².